The fourth-order valence-electron chi connectivity index (χ4n) is 3.93. The van der Waals surface area contributed by atoms with Gasteiger partial charge in [0.2, 0.25) is 0 Å². The highest BCUT2D eigenvalue weighted by molar-refractivity contribution is 5.87. The Balaban J connectivity index is 1.54. The molecule has 5 nitrogen and oxygen atoms in total. The quantitative estimate of drug-likeness (QED) is 0.521. The van der Waals surface area contributed by atoms with Gasteiger partial charge in [0.05, 0.1) is 11.6 Å². The van der Waals surface area contributed by atoms with Gasteiger partial charge >= 0.3 is 0 Å². The Kier molecular flexibility index (Phi) is 5.48. The molecule has 5 heteroatoms. The van der Waals surface area contributed by atoms with Crippen LogP contribution < -0.4 is 16.0 Å². The maximum Gasteiger partial charge on any atom is 0.255 e. The van der Waals surface area contributed by atoms with E-state index in [-0.39, 0.29) is 11.8 Å². The predicted molar refractivity (Wildman–Crippen MR) is 126 cm³/mol. The minimum atomic E-state index is -0.330. The van der Waals surface area contributed by atoms with Crippen molar-refractivity contribution in [3.05, 3.63) is 107 Å². The lowest BCUT2D eigenvalue weighted by Gasteiger charge is -2.13. The van der Waals surface area contributed by atoms with Crippen LogP contribution in [0.3, 0.4) is 0 Å². The molecule has 1 aromatic heterocycles. The third-order valence-electron chi connectivity index (χ3n) is 5.66. The van der Waals surface area contributed by atoms with Crippen molar-refractivity contribution in [3.8, 4) is 16.9 Å². The maximum atomic E-state index is 12.9. The van der Waals surface area contributed by atoms with Crippen molar-refractivity contribution in [2.75, 3.05) is 6.54 Å². The summed E-state index contributed by atoms with van der Waals surface area (Å²) >= 11 is 0. The summed E-state index contributed by atoms with van der Waals surface area (Å²) in [5.74, 6) is -0.477. The Morgan fingerprint density at radius 3 is 2.31 bits per heavy atom. The first-order valence-electron chi connectivity index (χ1n) is 10.8. The number of benzene rings is 3. The van der Waals surface area contributed by atoms with Crippen LogP contribution in [0.25, 0.3) is 23.0 Å². The first-order chi connectivity index (χ1) is 15.7. The second-order valence-electron chi connectivity index (χ2n) is 8.04. The number of rotatable bonds is 6. The van der Waals surface area contributed by atoms with Crippen molar-refractivity contribution >= 4 is 12.0 Å². The number of carbonyl (C=O) groups is 1. The van der Waals surface area contributed by atoms with E-state index in [1.165, 1.54) is 11.1 Å². The molecule has 0 fully saturated rings. The van der Waals surface area contributed by atoms with Gasteiger partial charge in [-0.1, -0.05) is 84.4 Å². The van der Waals surface area contributed by atoms with Crippen molar-refractivity contribution < 1.29 is 4.79 Å². The number of aromatic nitrogens is 2. The standard InChI is InChI=1S/C27H24N4O/c1-19-12-14-21(15-13-19)25-24-16-22(18-28-17-20-8-4-2-5-9-20)27(32)29-26(24)31(30-25)23-10-6-3-7-11-23/h2-16,22,28H,17-18H2,1H3. The first kappa shape index (κ1) is 20.1. The van der Waals surface area contributed by atoms with Gasteiger partial charge in [0, 0.05) is 23.9 Å². The molecule has 0 spiro atoms. The summed E-state index contributed by atoms with van der Waals surface area (Å²) in [6.07, 6.45) is 2.02. The third kappa shape index (κ3) is 4.03. The second-order valence-corrected chi connectivity index (χ2v) is 8.04. The molecule has 1 atom stereocenters. The summed E-state index contributed by atoms with van der Waals surface area (Å²) in [6.45, 7) is 3.30. The molecule has 3 aromatic carbocycles. The van der Waals surface area contributed by atoms with Crippen LogP contribution in [0.1, 0.15) is 11.1 Å². The Morgan fingerprint density at radius 2 is 1.59 bits per heavy atom. The van der Waals surface area contributed by atoms with Gasteiger partial charge in [-0.3, -0.25) is 4.79 Å². The monoisotopic (exact) mass is 420 g/mol. The van der Waals surface area contributed by atoms with E-state index < -0.39 is 0 Å². The van der Waals surface area contributed by atoms with Crippen molar-refractivity contribution in [1.82, 2.24) is 15.1 Å². The summed E-state index contributed by atoms with van der Waals surface area (Å²) in [5.41, 5.74) is 5.71. The van der Waals surface area contributed by atoms with Gasteiger partial charge in [-0.05, 0) is 24.6 Å². The molecule has 1 aliphatic heterocycles. The molecule has 32 heavy (non-hydrogen) atoms. The van der Waals surface area contributed by atoms with Gasteiger partial charge in [0.1, 0.15) is 5.69 Å². The highest BCUT2D eigenvalue weighted by atomic mass is 16.1. The maximum absolute atomic E-state index is 12.9. The highest BCUT2D eigenvalue weighted by Crippen LogP contribution is 2.16. The van der Waals surface area contributed by atoms with Crippen LogP contribution in [0.4, 0.5) is 0 Å². The Labute approximate surface area is 186 Å². The molecular formula is C27H24N4O. The molecule has 158 valence electrons. The number of nitrogens with one attached hydrogen (secondary N) is 1. The molecule has 0 saturated heterocycles. The summed E-state index contributed by atoms with van der Waals surface area (Å²) in [4.78, 5) is 17.4. The van der Waals surface area contributed by atoms with Crippen LogP contribution in [-0.4, -0.2) is 22.2 Å². The van der Waals surface area contributed by atoms with Gasteiger partial charge in [0.15, 0.2) is 5.49 Å². The number of carbonyl (C=O) groups excluding carboxylic acids is 1. The van der Waals surface area contributed by atoms with E-state index >= 15 is 0 Å². The fourth-order valence-corrected chi connectivity index (χ4v) is 3.93. The van der Waals surface area contributed by atoms with Crippen molar-refractivity contribution in [2.45, 2.75) is 13.5 Å². The van der Waals surface area contributed by atoms with Gasteiger partial charge in [-0.15, -0.1) is 0 Å². The van der Waals surface area contributed by atoms with Crippen molar-refractivity contribution in [1.29, 1.82) is 0 Å². The normalized spacial score (nSPS) is 15.0. The van der Waals surface area contributed by atoms with E-state index in [9.17, 15) is 4.79 Å². The molecule has 5 rings (SSSR count). The first-order valence-corrected chi connectivity index (χ1v) is 10.8. The summed E-state index contributed by atoms with van der Waals surface area (Å²) in [5, 5.41) is 9.18. The van der Waals surface area contributed by atoms with Crippen LogP contribution in [0.2, 0.25) is 0 Å². The summed E-state index contributed by atoms with van der Waals surface area (Å²) in [6, 6.07) is 28.3. The van der Waals surface area contributed by atoms with E-state index in [4.69, 9.17) is 5.10 Å². The number of hydrogen-bond donors (Lipinski definition) is 1. The number of aryl methyl sites for hydroxylation is 1. The van der Waals surface area contributed by atoms with E-state index in [0.29, 0.717) is 18.6 Å². The topological polar surface area (TPSA) is 59.3 Å². The van der Waals surface area contributed by atoms with Crippen LogP contribution in [-0.2, 0) is 11.3 Å². The Hall–Kier alpha value is -3.83. The number of fused-ring (bicyclic) bond motifs is 1. The second kappa shape index (κ2) is 8.73. The minimum Gasteiger partial charge on any atom is -0.312 e. The number of nitrogens with zero attached hydrogens (tertiary/aromatic N) is 3. The van der Waals surface area contributed by atoms with Crippen LogP contribution in [0.15, 0.2) is 89.9 Å². The van der Waals surface area contributed by atoms with E-state index in [1.54, 1.807) is 4.68 Å². The smallest absolute Gasteiger partial charge is 0.255 e. The molecule has 1 N–H and O–H groups in total. The Morgan fingerprint density at radius 1 is 0.906 bits per heavy atom. The third-order valence-corrected chi connectivity index (χ3v) is 5.66. The van der Waals surface area contributed by atoms with Gasteiger partial charge in [0.25, 0.3) is 5.91 Å². The molecule has 2 heterocycles. The minimum absolute atomic E-state index is 0.148. The molecule has 0 saturated carbocycles. The average molecular weight is 421 g/mol. The average Bonchev–Trinajstić information content (AvgIpc) is 3.19. The van der Waals surface area contributed by atoms with Crippen LogP contribution in [0, 0.1) is 12.8 Å². The summed E-state index contributed by atoms with van der Waals surface area (Å²) < 4.78 is 1.77. The molecule has 0 bridgehead atoms. The lowest BCUT2D eigenvalue weighted by atomic mass is 10.0. The van der Waals surface area contributed by atoms with Crippen molar-refractivity contribution in [2.24, 2.45) is 10.9 Å². The molecule has 1 unspecified atom stereocenters. The lowest BCUT2D eigenvalue weighted by molar-refractivity contribution is -0.120. The molecule has 4 aromatic rings. The molecule has 0 aliphatic carbocycles. The zero-order valence-electron chi connectivity index (χ0n) is 17.9. The largest absolute Gasteiger partial charge is 0.312 e. The highest BCUT2D eigenvalue weighted by Gasteiger charge is 2.23. The van der Waals surface area contributed by atoms with Crippen LogP contribution in [0.5, 0.6) is 0 Å². The zero-order valence-corrected chi connectivity index (χ0v) is 17.9. The summed E-state index contributed by atoms with van der Waals surface area (Å²) in [7, 11) is 0. The lowest BCUT2D eigenvalue weighted by Crippen LogP contribution is -2.39. The van der Waals surface area contributed by atoms with Gasteiger partial charge in [-0.25, -0.2) is 4.68 Å². The zero-order chi connectivity index (χ0) is 21.9. The van der Waals surface area contributed by atoms with Gasteiger partial charge < -0.3 is 5.32 Å². The van der Waals surface area contributed by atoms with E-state index in [0.717, 1.165) is 22.2 Å². The van der Waals surface area contributed by atoms with Crippen molar-refractivity contribution in [3.63, 3.8) is 0 Å². The van der Waals surface area contributed by atoms with E-state index in [1.807, 2.05) is 54.6 Å². The molecule has 0 radical (unpaired) electrons. The fraction of sp³-hybridized carbons (Fsp3) is 0.148. The van der Waals surface area contributed by atoms with Gasteiger partial charge in [-0.2, -0.15) is 10.1 Å². The molecular weight excluding hydrogens is 396 g/mol. The molecule has 1 aliphatic rings. The number of amides is 1. The predicted octanol–water partition coefficient (Wildman–Crippen LogP) is 3.19. The molecule has 1 amide bonds. The van der Waals surface area contributed by atoms with Crippen LogP contribution >= 0.6 is 0 Å². The number of para-hydroxylation sites is 1. The number of hydrogen-bond acceptors (Lipinski definition) is 3. The Bertz CT molecular complexity index is 1360. The van der Waals surface area contributed by atoms with E-state index in [2.05, 4.69) is 53.6 Å². The SMILES string of the molecule is Cc1ccc(-c2nn(-c3ccccc3)c3c2=CC(CNCc2ccccc2)C(=O)N=3)cc1.